The number of rotatable bonds is 4. The Morgan fingerprint density at radius 2 is 1.81 bits per heavy atom. The Morgan fingerprint density at radius 1 is 1.07 bits per heavy atom. The minimum Gasteiger partial charge on any atom is -0.325 e. The molecule has 0 spiro atoms. The van der Waals surface area contributed by atoms with Gasteiger partial charge in [0, 0.05) is 17.5 Å². The maximum atomic E-state index is 13.1. The maximum absolute atomic E-state index is 13.1. The first-order valence-corrected chi connectivity index (χ1v) is 8.80. The SMILES string of the molecule is CCc1nnc2c3ccccc3n(CC(=O)Nc3ccc(C)cc3)c(=O)n12. The number of benzene rings is 2. The zero-order valence-electron chi connectivity index (χ0n) is 15.1. The van der Waals surface area contributed by atoms with Gasteiger partial charge in [0.05, 0.1) is 5.52 Å². The third kappa shape index (κ3) is 2.97. The van der Waals surface area contributed by atoms with Crippen LogP contribution in [0.15, 0.2) is 53.3 Å². The molecule has 0 fully saturated rings. The van der Waals surface area contributed by atoms with E-state index in [9.17, 15) is 9.59 Å². The highest BCUT2D eigenvalue weighted by Crippen LogP contribution is 2.18. The number of amides is 1. The van der Waals surface area contributed by atoms with Crippen LogP contribution in [0.2, 0.25) is 0 Å². The van der Waals surface area contributed by atoms with E-state index < -0.39 is 0 Å². The number of hydrogen-bond donors (Lipinski definition) is 1. The van der Waals surface area contributed by atoms with E-state index in [1.807, 2.05) is 62.4 Å². The van der Waals surface area contributed by atoms with Gasteiger partial charge in [-0.1, -0.05) is 36.8 Å². The zero-order valence-corrected chi connectivity index (χ0v) is 15.1. The van der Waals surface area contributed by atoms with Gasteiger partial charge in [0.25, 0.3) is 0 Å². The summed E-state index contributed by atoms with van der Waals surface area (Å²) in [6.07, 6.45) is 0.574. The molecule has 0 bridgehead atoms. The van der Waals surface area contributed by atoms with E-state index in [4.69, 9.17) is 0 Å². The summed E-state index contributed by atoms with van der Waals surface area (Å²) < 4.78 is 2.95. The van der Waals surface area contributed by atoms with Crippen molar-refractivity contribution in [2.75, 3.05) is 5.32 Å². The van der Waals surface area contributed by atoms with Crippen molar-refractivity contribution in [3.05, 3.63) is 70.4 Å². The average molecular weight is 361 g/mol. The van der Waals surface area contributed by atoms with Crippen LogP contribution in [0.3, 0.4) is 0 Å². The summed E-state index contributed by atoms with van der Waals surface area (Å²) in [5.41, 5.74) is 2.67. The first-order valence-electron chi connectivity index (χ1n) is 8.80. The lowest BCUT2D eigenvalue weighted by Gasteiger charge is -2.12. The van der Waals surface area contributed by atoms with Gasteiger partial charge in [-0.2, -0.15) is 0 Å². The summed E-state index contributed by atoms with van der Waals surface area (Å²) in [5.74, 6) is 0.310. The molecule has 4 aromatic rings. The predicted molar refractivity (Wildman–Crippen MR) is 104 cm³/mol. The Morgan fingerprint density at radius 3 is 2.56 bits per heavy atom. The van der Waals surface area contributed by atoms with Gasteiger partial charge in [0.15, 0.2) is 5.65 Å². The van der Waals surface area contributed by atoms with Gasteiger partial charge in [-0.05, 0) is 31.2 Å². The summed E-state index contributed by atoms with van der Waals surface area (Å²) in [6, 6.07) is 14.9. The number of aryl methyl sites for hydroxylation is 2. The van der Waals surface area contributed by atoms with Crippen molar-refractivity contribution in [2.24, 2.45) is 0 Å². The molecule has 0 aliphatic rings. The second kappa shape index (κ2) is 6.68. The van der Waals surface area contributed by atoms with Crippen molar-refractivity contribution in [2.45, 2.75) is 26.8 Å². The zero-order chi connectivity index (χ0) is 19.0. The number of anilines is 1. The Balaban J connectivity index is 1.80. The summed E-state index contributed by atoms with van der Waals surface area (Å²) >= 11 is 0. The molecule has 27 heavy (non-hydrogen) atoms. The third-order valence-corrected chi connectivity index (χ3v) is 4.54. The molecule has 0 saturated heterocycles. The fourth-order valence-corrected chi connectivity index (χ4v) is 3.18. The number of nitrogens with one attached hydrogen (secondary N) is 1. The smallest absolute Gasteiger partial charge is 0.325 e. The first-order chi connectivity index (χ1) is 13.1. The van der Waals surface area contributed by atoms with Crippen LogP contribution in [0.25, 0.3) is 16.6 Å². The van der Waals surface area contributed by atoms with E-state index >= 15 is 0 Å². The monoisotopic (exact) mass is 361 g/mol. The Kier molecular flexibility index (Phi) is 4.19. The van der Waals surface area contributed by atoms with Crippen LogP contribution >= 0.6 is 0 Å². The lowest BCUT2D eigenvalue weighted by Crippen LogP contribution is -2.32. The molecule has 7 heteroatoms. The number of carbonyl (C=O) groups excluding carboxylic acids is 1. The summed E-state index contributed by atoms with van der Waals surface area (Å²) in [4.78, 5) is 25.7. The van der Waals surface area contributed by atoms with Crippen LogP contribution in [0.1, 0.15) is 18.3 Å². The van der Waals surface area contributed by atoms with Gasteiger partial charge in [0.1, 0.15) is 12.4 Å². The van der Waals surface area contributed by atoms with E-state index in [1.165, 1.54) is 8.97 Å². The van der Waals surface area contributed by atoms with Gasteiger partial charge < -0.3 is 5.32 Å². The lowest BCUT2D eigenvalue weighted by atomic mass is 10.2. The van der Waals surface area contributed by atoms with Crippen LogP contribution in [-0.2, 0) is 17.8 Å². The molecule has 1 amide bonds. The van der Waals surface area contributed by atoms with Gasteiger partial charge in [-0.3, -0.25) is 9.36 Å². The fraction of sp³-hybridized carbons (Fsp3) is 0.200. The number of fused-ring (bicyclic) bond motifs is 3. The minimum atomic E-state index is -0.315. The quantitative estimate of drug-likeness (QED) is 0.606. The molecule has 136 valence electrons. The highest BCUT2D eigenvalue weighted by Gasteiger charge is 2.17. The predicted octanol–water partition coefficient (Wildman–Crippen LogP) is 2.55. The second-order valence-corrected chi connectivity index (χ2v) is 6.43. The fourth-order valence-electron chi connectivity index (χ4n) is 3.18. The van der Waals surface area contributed by atoms with Crippen molar-refractivity contribution < 1.29 is 4.79 Å². The topological polar surface area (TPSA) is 81.3 Å². The van der Waals surface area contributed by atoms with E-state index in [0.29, 0.717) is 29.1 Å². The molecule has 2 heterocycles. The molecule has 2 aromatic heterocycles. The molecule has 7 nitrogen and oxygen atoms in total. The van der Waals surface area contributed by atoms with Crippen LogP contribution in [0.4, 0.5) is 5.69 Å². The Hall–Kier alpha value is -3.48. The molecule has 0 radical (unpaired) electrons. The lowest BCUT2D eigenvalue weighted by molar-refractivity contribution is -0.116. The molecule has 0 unspecified atom stereocenters. The first kappa shape index (κ1) is 17.0. The molecule has 0 aliphatic heterocycles. The van der Waals surface area contributed by atoms with Crippen molar-refractivity contribution in [3.63, 3.8) is 0 Å². The second-order valence-electron chi connectivity index (χ2n) is 6.43. The van der Waals surface area contributed by atoms with Crippen molar-refractivity contribution >= 4 is 28.1 Å². The molecule has 0 saturated carbocycles. The summed E-state index contributed by atoms with van der Waals surface area (Å²) in [5, 5.41) is 11.9. The highest BCUT2D eigenvalue weighted by atomic mass is 16.2. The largest absolute Gasteiger partial charge is 0.336 e. The normalized spacial score (nSPS) is 11.2. The molecular formula is C20H19N5O2. The molecule has 2 aromatic carbocycles. The standard InChI is InChI=1S/C20H19N5O2/c1-3-17-22-23-19-15-6-4-5-7-16(15)24(20(27)25(17)19)12-18(26)21-14-10-8-13(2)9-11-14/h4-11H,3,12H2,1-2H3,(H,21,26). The maximum Gasteiger partial charge on any atom is 0.336 e. The number of aromatic nitrogens is 4. The molecular weight excluding hydrogens is 342 g/mol. The van der Waals surface area contributed by atoms with Gasteiger partial charge in [-0.25, -0.2) is 9.20 Å². The Bertz CT molecular complexity index is 1200. The van der Waals surface area contributed by atoms with Crippen LogP contribution in [0, 0.1) is 6.92 Å². The number of nitrogens with zero attached hydrogens (tertiary/aromatic N) is 4. The molecule has 0 atom stereocenters. The Labute approximate surface area is 155 Å². The minimum absolute atomic E-state index is 0.0928. The average Bonchev–Trinajstić information content (AvgIpc) is 3.11. The van der Waals surface area contributed by atoms with E-state index in [0.717, 1.165) is 10.9 Å². The molecule has 0 aliphatic carbocycles. The number of para-hydroxylation sites is 1. The van der Waals surface area contributed by atoms with Crippen LogP contribution < -0.4 is 11.0 Å². The van der Waals surface area contributed by atoms with Gasteiger partial charge in [-0.15, -0.1) is 10.2 Å². The summed E-state index contributed by atoms with van der Waals surface area (Å²) in [6.45, 7) is 3.81. The van der Waals surface area contributed by atoms with E-state index in [2.05, 4.69) is 15.5 Å². The molecule has 4 rings (SSSR count). The molecule has 1 N–H and O–H groups in total. The van der Waals surface area contributed by atoms with Crippen LogP contribution in [-0.4, -0.2) is 25.1 Å². The van der Waals surface area contributed by atoms with E-state index in [-0.39, 0.29) is 18.1 Å². The number of hydrogen-bond acceptors (Lipinski definition) is 4. The number of carbonyl (C=O) groups is 1. The van der Waals surface area contributed by atoms with E-state index in [1.54, 1.807) is 0 Å². The van der Waals surface area contributed by atoms with Gasteiger partial charge in [0.2, 0.25) is 5.91 Å². The van der Waals surface area contributed by atoms with Crippen LogP contribution in [0.5, 0.6) is 0 Å². The highest BCUT2D eigenvalue weighted by molar-refractivity contribution is 5.94. The van der Waals surface area contributed by atoms with Crippen molar-refractivity contribution in [1.29, 1.82) is 0 Å². The summed E-state index contributed by atoms with van der Waals surface area (Å²) in [7, 11) is 0. The third-order valence-electron chi connectivity index (χ3n) is 4.54. The van der Waals surface area contributed by atoms with Crippen molar-refractivity contribution in [1.82, 2.24) is 19.2 Å². The van der Waals surface area contributed by atoms with Crippen molar-refractivity contribution in [3.8, 4) is 0 Å². The van der Waals surface area contributed by atoms with Gasteiger partial charge >= 0.3 is 5.69 Å².